The Hall–Kier alpha value is -4.26. The number of anilines is 1. The summed E-state index contributed by atoms with van der Waals surface area (Å²) in [6.45, 7) is -3.91. The van der Waals surface area contributed by atoms with Gasteiger partial charge in [-0.3, -0.25) is 18.3 Å². The Morgan fingerprint density at radius 3 is 2.18 bits per heavy atom. The van der Waals surface area contributed by atoms with Gasteiger partial charge in [-0.1, -0.05) is 19.1 Å². The zero-order valence-electron chi connectivity index (χ0n) is 24.5. The number of Topliss-reactive ketones (excluding diaryl/α,β-unsaturated/α-hetero) is 1. The molecule has 45 heavy (non-hydrogen) atoms. The minimum absolute atomic E-state index is 0.0385. The van der Waals surface area contributed by atoms with E-state index >= 15 is 0 Å². The first-order valence-electron chi connectivity index (χ1n) is 14.0. The second-order valence-corrected chi connectivity index (χ2v) is 12.5. The van der Waals surface area contributed by atoms with Gasteiger partial charge in [-0.05, 0) is 54.4 Å². The summed E-state index contributed by atoms with van der Waals surface area (Å²) in [4.78, 5) is 26.2. The van der Waals surface area contributed by atoms with Crippen LogP contribution in [-0.4, -0.2) is 65.1 Å². The molecular formula is C32H31F5N2O5S. The molecule has 13 heteroatoms. The summed E-state index contributed by atoms with van der Waals surface area (Å²) in [7, 11) is -4.02. The van der Waals surface area contributed by atoms with Gasteiger partial charge in [0.2, 0.25) is 10.0 Å². The van der Waals surface area contributed by atoms with E-state index in [-0.39, 0.29) is 64.5 Å². The second kappa shape index (κ2) is 13.8. The van der Waals surface area contributed by atoms with Crippen molar-refractivity contribution < 1.29 is 44.4 Å². The molecule has 1 amide bonds. The number of carbonyl (C=O) groups excluding carboxylic acids is 2. The van der Waals surface area contributed by atoms with Crippen LogP contribution < -0.4 is 9.62 Å². The normalized spacial score (nSPS) is 12.0. The first kappa shape index (κ1) is 33.6. The van der Waals surface area contributed by atoms with E-state index in [0.29, 0.717) is 10.9 Å². The highest BCUT2D eigenvalue weighted by atomic mass is 32.2. The average molecular weight is 651 g/mol. The predicted octanol–water partition coefficient (Wildman–Crippen LogP) is 7.00. The highest BCUT2D eigenvalue weighted by Gasteiger charge is 2.33. The Bertz CT molecular complexity index is 1800. The minimum atomic E-state index is -4.02. The van der Waals surface area contributed by atoms with Crippen LogP contribution in [0.4, 0.5) is 27.6 Å². The Balaban J connectivity index is 2.01. The molecule has 3 aromatic carbocycles. The Labute approximate surface area is 257 Å². The summed E-state index contributed by atoms with van der Waals surface area (Å²) in [5, 5.41) is 2.34. The van der Waals surface area contributed by atoms with E-state index < -0.39 is 54.0 Å². The zero-order chi connectivity index (χ0) is 32.9. The van der Waals surface area contributed by atoms with Gasteiger partial charge in [-0.2, -0.15) is 0 Å². The number of nitrogens with one attached hydrogen (secondary N) is 1. The summed E-state index contributed by atoms with van der Waals surface area (Å²) < 4.78 is 100. The number of hydrogen-bond acceptors (Lipinski definition) is 5. The van der Waals surface area contributed by atoms with Gasteiger partial charge in [-0.25, -0.2) is 26.0 Å². The number of hydrogen-bond donors (Lipinski definition) is 1. The fourth-order valence-corrected chi connectivity index (χ4v) is 5.81. The Morgan fingerprint density at radius 1 is 0.933 bits per heavy atom. The molecule has 0 aliphatic rings. The van der Waals surface area contributed by atoms with Crippen molar-refractivity contribution in [1.29, 1.82) is 0 Å². The fourth-order valence-electron chi connectivity index (χ4n) is 4.84. The predicted molar refractivity (Wildman–Crippen MR) is 163 cm³/mol. The van der Waals surface area contributed by atoms with Crippen LogP contribution in [0.25, 0.3) is 33.4 Å². The molecule has 0 saturated carbocycles. The molecule has 0 aliphatic carbocycles. The highest BCUT2D eigenvalue weighted by molar-refractivity contribution is 7.92. The van der Waals surface area contributed by atoms with Crippen molar-refractivity contribution in [3.63, 3.8) is 0 Å². The first-order chi connectivity index (χ1) is 21.4. The number of halogens is 5. The SMILES string of the molecule is CCC(=O)c1c(-c2ccc(F)cc2)oc2cc(N(CCCF)S(C)(=O)=O)c(-c3cccc(C(=O)NC(CF)(CF)CF)c3)cc12. The van der Waals surface area contributed by atoms with Crippen molar-refractivity contribution in [2.24, 2.45) is 0 Å². The molecule has 240 valence electrons. The molecule has 0 fully saturated rings. The fraction of sp³-hybridized carbons (Fsp3) is 0.312. The number of rotatable bonds is 14. The van der Waals surface area contributed by atoms with Crippen LogP contribution in [0, 0.1) is 5.82 Å². The number of nitrogens with zero attached hydrogens (tertiary/aromatic N) is 1. The number of ketones is 1. The number of carbonyl (C=O) groups is 2. The third kappa shape index (κ3) is 7.03. The summed E-state index contributed by atoms with van der Waals surface area (Å²) in [6, 6.07) is 13.8. The molecule has 0 atom stereocenters. The van der Waals surface area contributed by atoms with E-state index in [1.54, 1.807) is 6.92 Å². The summed E-state index contributed by atoms with van der Waals surface area (Å²) in [5.41, 5.74) is -1.32. The van der Waals surface area contributed by atoms with Gasteiger partial charge < -0.3 is 9.73 Å². The van der Waals surface area contributed by atoms with E-state index in [2.05, 4.69) is 5.32 Å². The quantitative estimate of drug-likeness (QED) is 0.117. The van der Waals surface area contributed by atoms with Crippen LogP contribution in [-0.2, 0) is 10.0 Å². The van der Waals surface area contributed by atoms with E-state index in [1.807, 2.05) is 0 Å². The highest BCUT2D eigenvalue weighted by Crippen LogP contribution is 2.42. The second-order valence-electron chi connectivity index (χ2n) is 10.5. The van der Waals surface area contributed by atoms with E-state index in [4.69, 9.17) is 4.42 Å². The lowest BCUT2D eigenvalue weighted by molar-refractivity contribution is 0.0810. The minimum Gasteiger partial charge on any atom is -0.455 e. The molecule has 0 saturated heterocycles. The number of alkyl halides is 4. The van der Waals surface area contributed by atoms with Crippen molar-refractivity contribution in [2.75, 3.05) is 43.8 Å². The first-order valence-corrected chi connectivity index (χ1v) is 15.8. The lowest BCUT2D eigenvalue weighted by Gasteiger charge is -2.26. The van der Waals surface area contributed by atoms with Gasteiger partial charge in [0, 0.05) is 41.1 Å². The van der Waals surface area contributed by atoms with Crippen molar-refractivity contribution in [1.82, 2.24) is 5.32 Å². The molecule has 0 radical (unpaired) electrons. The summed E-state index contributed by atoms with van der Waals surface area (Å²) >= 11 is 0. The van der Waals surface area contributed by atoms with Gasteiger partial charge in [0.05, 0.1) is 24.2 Å². The smallest absolute Gasteiger partial charge is 0.251 e. The van der Waals surface area contributed by atoms with Crippen LogP contribution in [0.3, 0.4) is 0 Å². The monoisotopic (exact) mass is 650 g/mol. The number of sulfonamides is 1. The number of fused-ring (bicyclic) bond motifs is 1. The largest absolute Gasteiger partial charge is 0.455 e. The maximum absolute atomic E-state index is 13.7. The third-order valence-corrected chi connectivity index (χ3v) is 8.44. The van der Waals surface area contributed by atoms with Gasteiger partial charge in [0.15, 0.2) is 5.78 Å². The van der Waals surface area contributed by atoms with E-state index in [1.165, 1.54) is 60.7 Å². The summed E-state index contributed by atoms with van der Waals surface area (Å²) in [6.07, 6.45) is 0.857. The van der Waals surface area contributed by atoms with Crippen LogP contribution in [0.2, 0.25) is 0 Å². The van der Waals surface area contributed by atoms with Crippen LogP contribution in [0.5, 0.6) is 0 Å². The van der Waals surface area contributed by atoms with Crippen LogP contribution in [0.15, 0.2) is 65.1 Å². The average Bonchev–Trinajstić information content (AvgIpc) is 3.41. The zero-order valence-corrected chi connectivity index (χ0v) is 25.3. The van der Waals surface area contributed by atoms with Gasteiger partial charge in [0.25, 0.3) is 5.91 Å². The molecule has 0 aliphatic heterocycles. The molecule has 0 unspecified atom stereocenters. The molecular weight excluding hydrogens is 619 g/mol. The lowest BCUT2D eigenvalue weighted by atomic mass is 9.95. The Morgan fingerprint density at radius 2 is 1.60 bits per heavy atom. The maximum atomic E-state index is 13.7. The number of amides is 1. The maximum Gasteiger partial charge on any atom is 0.251 e. The van der Waals surface area contributed by atoms with Crippen molar-refractivity contribution in [2.45, 2.75) is 25.3 Å². The molecule has 0 spiro atoms. The van der Waals surface area contributed by atoms with Crippen molar-refractivity contribution >= 4 is 38.4 Å². The molecule has 0 bridgehead atoms. The van der Waals surface area contributed by atoms with Crippen LogP contribution in [0.1, 0.15) is 40.5 Å². The molecule has 7 nitrogen and oxygen atoms in total. The lowest BCUT2D eigenvalue weighted by Crippen LogP contribution is -2.54. The molecule has 1 N–H and O–H groups in total. The summed E-state index contributed by atoms with van der Waals surface area (Å²) in [5.74, 6) is -1.68. The van der Waals surface area contributed by atoms with Gasteiger partial charge in [0.1, 0.15) is 42.7 Å². The van der Waals surface area contributed by atoms with E-state index in [0.717, 1.165) is 10.6 Å². The Kier molecular flexibility index (Phi) is 10.3. The molecule has 1 heterocycles. The van der Waals surface area contributed by atoms with Gasteiger partial charge in [-0.15, -0.1) is 0 Å². The van der Waals surface area contributed by atoms with Crippen LogP contribution >= 0.6 is 0 Å². The number of furan rings is 1. The standard InChI is InChI=1S/C32H31F5N2O5S/c1-3-27(40)29-25-15-24(21-6-4-7-22(14-21)31(41)38-32(17-34,18-35)19-36)26(39(13-5-12-33)45(2,42)43)16-28(25)44-30(29)20-8-10-23(37)11-9-20/h4,6-11,14-16H,3,5,12-13,17-19H2,1-2H3,(H,38,41). The van der Waals surface area contributed by atoms with Crippen molar-refractivity contribution in [3.8, 4) is 22.5 Å². The molecule has 4 rings (SSSR count). The van der Waals surface area contributed by atoms with E-state index in [9.17, 15) is 40.0 Å². The third-order valence-electron chi connectivity index (χ3n) is 7.26. The van der Waals surface area contributed by atoms with Crippen molar-refractivity contribution in [3.05, 3.63) is 77.6 Å². The number of benzene rings is 3. The topological polar surface area (TPSA) is 96.7 Å². The molecule has 1 aromatic heterocycles. The van der Waals surface area contributed by atoms with Gasteiger partial charge >= 0.3 is 0 Å². The molecule has 4 aromatic rings.